The number of hydrogen-bond donors (Lipinski definition) is 1. The maximum absolute atomic E-state index is 11.7. The van der Waals surface area contributed by atoms with Gasteiger partial charge in [0.1, 0.15) is 5.39 Å². The molecule has 0 saturated carbocycles. The molecule has 3 rings (SSSR count). The summed E-state index contributed by atoms with van der Waals surface area (Å²) >= 11 is 5.83. The number of aryl methyl sites for hydroxylation is 1. The van der Waals surface area contributed by atoms with Gasteiger partial charge in [0.2, 0.25) is 0 Å². The van der Waals surface area contributed by atoms with E-state index in [4.69, 9.17) is 11.6 Å². The van der Waals surface area contributed by atoms with Gasteiger partial charge < -0.3 is 0 Å². The van der Waals surface area contributed by atoms with Crippen LogP contribution < -0.4 is 11.2 Å². The first-order valence-corrected chi connectivity index (χ1v) is 6.16. The Bertz CT molecular complexity index is 912. The highest BCUT2D eigenvalue weighted by molar-refractivity contribution is 6.30. The average molecular weight is 289 g/mol. The van der Waals surface area contributed by atoms with Crippen LogP contribution in [0.5, 0.6) is 0 Å². The lowest BCUT2D eigenvalue weighted by molar-refractivity contribution is 0.826. The predicted octanol–water partition coefficient (Wildman–Crippen LogP) is 1.34. The molecule has 0 radical (unpaired) electrons. The van der Waals surface area contributed by atoms with E-state index in [9.17, 15) is 9.59 Å². The van der Waals surface area contributed by atoms with Crippen molar-refractivity contribution in [3.63, 3.8) is 0 Å². The lowest BCUT2D eigenvalue weighted by Gasteiger charge is -2.05. The van der Waals surface area contributed by atoms with Crippen molar-refractivity contribution < 1.29 is 0 Å². The van der Waals surface area contributed by atoms with E-state index in [-0.39, 0.29) is 5.39 Å². The van der Waals surface area contributed by atoms with E-state index in [0.29, 0.717) is 16.5 Å². The Morgan fingerprint density at radius 1 is 1.20 bits per heavy atom. The van der Waals surface area contributed by atoms with Crippen LogP contribution in [0.25, 0.3) is 22.4 Å². The summed E-state index contributed by atoms with van der Waals surface area (Å²) < 4.78 is 1.28. The van der Waals surface area contributed by atoms with Crippen LogP contribution in [0, 0.1) is 0 Å². The van der Waals surface area contributed by atoms with Gasteiger partial charge in [-0.15, -0.1) is 0 Å². The minimum Gasteiger partial charge on any atom is -0.281 e. The molecule has 3 aromatic rings. The molecule has 1 aromatic carbocycles. The van der Waals surface area contributed by atoms with E-state index in [1.54, 1.807) is 31.3 Å². The van der Waals surface area contributed by atoms with Gasteiger partial charge in [0, 0.05) is 23.8 Å². The SMILES string of the molecule is Cn1c(=O)[nH]c(=O)c2cnc(-c3ccc(Cl)cc3)nc21. The fraction of sp³-hybridized carbons (Fsp3) is 0.0769. The Morgan fingerprint density at radius 3 is 2.60 bits per heavy atom. The summed E-state index contributed by atoms with van der Waals surface area (Å²) in [5, 5.41) is 0.878. The maximum atomic E-state index is 11.7. The monoisotopic (exact) mass is 288 g/mol. The van der Waals surface area contributed by atoms with Gasteiger partial charge in [0.25, 0.3) is 5.56 Å². The summed E-state index contributed by atoms with van der Waals surface area (Å²) in [5.74, 6) is 0.426. The van der Waals surface area contributed by atoms with Crippen molar-refractivity contribution in [1.82, 2.24) is 19.5 Å². The Hall–Kier alpha value is -2.47. The van der Waals surface area contributed by atoms with Gasteiger partial charge in [-0.05, 0) is 24.3 Å². The number of benzene rings is 1. The van der Waals surface area contributed by atoms with Gasteiger partial charge in [0.05, 0.1) is 0 Å². The van der Waals surface area contributed by atoms with E-state index in [1.165, 1.54) is 10.8 Å². The van der Waals surface area contributed by atoms with Crippen LogP contribution in [0.3, 0.4) is 0 Å². The summed E-state index contributed by atoms with van der Waals surface area (Å²) in [6.07, 6.45) is 1.41. The van der Waals surface area contributed by atoms with Gasteiger partial charge in [0.15, 0.2) is 11.5 Å². The van der Waals surface area contributed by atoms with Gasteiger partial charge in [-0.1, -0.05) is 11.6 Å². The number of halogens is 1. The first kappa shape index (κ1) is 12.6. The molecule has 0 fully saturated rings. The Labute approximate surface area is 117 Å². The van der Waals surface area contributed by atoms with E-state index in [1.807, 2.05) is 0 Å². The van der Waals surface area contributed by atoms with Gasteiger partial charge in [-0.25, -0.2) is 14.8 Å². The van der Waals surface area contributed by atoms with E-state index >= 15 is 0 Å². The molecule has 0 spiro atoms. The second kappa shape index (κ2) is 4.57. The summed E-state index contributed by atoms with van der Waals surface area (Å²) in [6, 6.07) is 6.99. The highest BCUT2D eigenvalue weighted by Crippen LogP contribution is 2.18. The third-order valence-electron chi connectivity index (χ3n) is 2.96. The van der Waals surface area contributed by atoms with Crippen LogP contribution in [-0.4, -0.2) is 19.5 Å². The highest BCUT2D eigenvalue weighted by atomic mass is 35.5. The number of hydrogen-bond acceptors (Lipinski definition) is 4. The van der Waals surface area contributed by atoms with E-state index in [2.05, 4.69) is 15.0 Å². The average Bonchev–Trinajstić information content (AvgIpc) is 2.45. The van der Waals surface area contributed by atoms with Gasteiger partial charge >= 0.3 is 5.69 Å². The van der Waals surface area contributed by atoms with Crippen molar-refractivity contribution in [1.29, 1.82) is 0 Å². The molecular formula is C13H9ClN4O2. The summed E-state index contributed by atoms with van der Waals surface area (Å²) in [7, 11) is 1.54. The predicted molar refractivity (Wildman–Crippen MR) is 75.8 cm³/mol. The van der Waals surface area contributed by atoms with Crippen molar-refractivity contribution in [2.75, 3.05) is 0 Å². The first-order chi connectivity index (χ1) is 9.56. The van der Waals surface area contributed by atoms with Crippen molar-refractivity contribution in [2.24, 2.45) is 7.05 Å². The third kappa shape index (κ3) is 2.00. The topological polar surface area (TPSA) is 80.6 Å². The minimum absolute atomic E-state index is 0.268. The lowest BCUT2D eigenvalue weighted by Crippen LogP contribution is -2.29. The summed E-state index contributed by atoms with van der Waals surface area (Å²) in [6.45, 7) is 0. The number of nitrogens with zero attached hydrogens (tertiary/aromatic N) is 3. The smallest absolute Gasteiger partial charge is 0.281 e. The molecule has 6 nitrogen and oxygen atoms in total. The highest BCUT2D eigenvalue weighted by Gasteiger charge is 2.09. The molecule has 1 N–H and O–H groups in total. The molecule has 2 aromatic heterocycles. The second-order valence-corrected chi connectivity index (χ2v) is 4.69. The lowest BCUT2D eigenvalue weighted by atomic mass is 10.2. The Kier molecular flexibility index (Phi) is 2.87. The van der Waals surface area contributed by atoms with E-state index < -0.39 is 11.2 Å². The molecule has 0 atom stereocenters. The molecule has 100 valence electrons. The molecule has 0 unspecified atom stereocenters. The normalized spacial score (nSPS) is 10.9. The van der Waals surface area contributed by atoms with Crippen LogP contribution in [0.15, 0.2) is 40.1 Å². The molecule has 0 aliphatic heterocycles. The van der Waals surface area contributed by atoms with Crippen LogP contribution in [0.2, 0.25) is 5.02 Å². The van der Waals surface area contributed by atoms with Crippen LogP contribution in [0.1, 0.15) is 0 Å². The summed E-state index contributed by atoms with van der Waals surface area (Å²) in [4.78, 5) is 33.9. The zero-order valence-electron chi connectivity index (χ0n) is 10.4. The molecule has 0 aliphatic rings. The second-order valence-electron chi connectivity index (χ2n) is 4.26. The molecular weight excluding hydrogens is 280 g/mol. The fourth-order valence-electron chi connectivity index (χ4n) is 1.87. The van der Waals surface area contributed by atoms with Crippen LogP contribution in [-0.2, 0) is 7.05 Å². The Morgan fingerprint density at radius 2 is 1.90 bits per heavy atom. The molecule has 20 heavy (non-hydrogen) atoms. The minimum atomic E-state index is -0.511. The Balaban J connectivity index is 2.30. The van der Waals surface area contributed by atoms with Crippen molar-refractivity contribution in [3.8, 4) is 11.4 Å². The number of H-pyrrole nitrogens is 1. The fourth-order valence-corrected chi connectivity index (χ4v) is 2.00. The first-order valence-electron chi connectivity index (χ1n) is 5.78. The zero-order valence-corrected chi connectivity index (χ0v) is 11.2. The van der Waals surface area contributed by atoms with Crippen molar-refractivity contribution in [3.05, 3.63) is 56.3 Å². The number of aromatic amines is 1. The van der Waals surface area contributed by atoms with Crippen LogP contribution >= 0.6 is 11.6 Å². The van der Waals surface area contributed by atoms with Gasteiger partial charge in [-0.3, -0.25) is 14.3 Å². The third-order valence-corrected chi connectivity index (χ3v) is 3.21. The molecule has 0 amide bonds. The number of nitrogens with one attached hydrogen (secondary N) is 1. The van der Waals surface area contributed by atoms with Crippen molar-refractivity contribution in [2.45, 2.75) is 0 Å². The standard InChI is InChI=1S/C13H9ClN4O2/c1-18-11-9(12(19)17-13(18)20)6-15-10(16-11)7-2-4-8(14)5-3-7/h2-6H,1H3,(H,17,19,20). The molecule has 7 heteroatoms. The number of aromatic nitrogens is 4. The number of fused-ring (bicyclic) bond motifs is 1. The quantitative estimate of drug-likeness (QED) is 0.732. The molecule has 0 bridgehead atoms. The molecule has 0 aliphatic carbocycles. The van der Waals surface area contributed by atoms with Crippen LogP contribution in [0.4, 0.5) is 0 Å². The zero-order chi connectivity index (χ0) is 14.3. The largest absolute Gasteiger partial charge is 0.329 e. The maximum Gasteiger partial charge on any atom is 0.329 e. The van der Waals surface area contributed by atoms with Crippen molar-refractivity contribution >= 4 is 22.6 Å². The van der Waals surface area contributed by atoms with Gasteiger partial charge in [-0.2, -0.15) is 0 Å². The summed E-state index contributed by atoms with van der Waals surface area (Å²) in [5.41, 5.74) is 0.0387. The molecule has 2 heterocycles. The van der Waals surface area contributed by atoms with E-state index in [0.717, 1.165) is 5.56 Å². The molecule has 0 saturated heterocycles. The number of rotatable bonds is 1.